The predicted molar refractivity (Wildman–Crippen MR) is 54.3 cm³/mol. The average Bonchev–Trinajstić information content (AvgIpc) is 2.12. The number of ether oxygens (including phenoxy) is 1. The van der Waals surface area contributed by atoms with Crippen molar-refractivity contribution in [3.8, 4) is 6.07 Å². The number of hydrogen-bond donors (Lipinski definition) is 0. The highest BCUT2D eigenvalue weighted by molar-refractivity contribution is 5.75. The van der Waals surface area contributed by atoms with Gasteiger partial charge in [-0.05, 0) is 26.2 Å². The molecule has 78 valence electrons. The van der Waals surface area contributed by atoms with Crippen LogP contribution in [-0.4, -0.2) is 13.1 Å². The van der Waals surface area contributed by atoms with Crippen molar-refractivity contribution in [2.24, 2.45) is 11.3 Å². The smallest absolute Gasteiger partial charge is 0.311 e. The highest BCUT2D eigenvalue weighted by atomic mass is 16.5. The standard InChI is InChI=1S/C11H17NO2/c1-9(6-5-7-12)8-11(2,3)10(13)14-4/h5-6,9H,8H2,1-4H3/b6-5+. The Morgan fingerprint density at radius 2 is 2.21 bits per heavy atom. The molecule has 0 aliphatic heterocycles. The summed E-state index contributed by atoms with van der Waals surface area (Å²) in [5.74, 6) is -0.0153. The first-order valence-corrected chi connectivity index (χ1v) is 4.58. The first-order chi connectivity index (χ1) is 6.44. The fourth-order valence-electron chi connectivity index (χ4n) is 1.44. The molecule has 0 amide bonds. The van der Waals surface area contributed by atoms with Gasteiger partial charge < -0.3 is 4.74 Å². The number of hydrogen-bond acceptors (Lipinski definition) is 3. The summed E-state index contributed by atoms with van der Waals surface area (Å²) in [4.78, 5) is 11.3. The molecule has 14 heavy (non-hydrogen) atoms. The van der Waals surface area contributed by atoms with Crippen molar-refractivity contribution in [3.63, 3.8) is 0 Å². The lowest BCUT2D eigenvalue weighted by atomic mass is 9.83. The summed E-state index contributed by atoms with van der Waals surface area (Å²) in [5.41, 5.74) is -0.492. The zero-order valence-electron chi connectivity index (χ0n) is 9.20. The van der Waals surface area contributed by atoms with Gasteiger partial charge in [-0.25, -0.2) is 0 Å². The van der Waals surface area contributed by atoms with Gasteiger partial charge in [-0.1, -0.05) is 13.0 Å². The summed E-state index contributed by atoms with van der Waals surface area (Å²) in [6, 6.07) is 1.93. The fourth-order valence-corrected chi connectivity index (χ4v) is 1.44. The molecule has 0 spiro atoms. The summed E-state index contributed by atoms with van der Waals surface area (Å²) < 4.78 is 4.69. The lowest BCUT2D eigenvalue weighted by Gasteiger charge is -2.23. The maximum atomic E-state index is 11.3. The van der Waals surface area contributed by atoms with E-state index in [1.807, 2.05) is 26.8 Å². The topological polar surface area (TPSA) is 50.1 Å². The Labute approximate surface area is 85.4 Å². The second-order valence-corrected chi connectivity index (χ2v) is 4.05. The van der Waals surface area contributed by atoms with Crippen molar-refractivity contribution in [1.29, 1.82) is 5.26 Å². The Morgan fingerprint density at radius 1 is 1.64 bits per heavy atom. The van der Waals surface area contributed by atoms with Crippen LogP contribution in [0.15, 0.2) is 12.2 Å². The molecule has 1 unspecified atom stereocenters. The molecule has 0 saturated carbocycles. The Balaban J connectivity index is 4.29. The molecule has 0 N–H and O–H groups in total. The third-order valence-electron chi connectivity index (χ3n) is 2.07. The minimum Gasteiger partial charge on any atom is -0.469 e. The number of nitrogens with zero attached hydrogens (tertiary/aromatic N) is 1. The van der Waals surface area contributed by atoms with E-state index in [1.165, 1.54) is 13.2 Å². The maximum absolute atomic E-state index is 11.3. The average molecular weight is 195 g/mol. The van der Waals surface area contributed by atoms with Gasteiger partial charge in [-0.15, -0.1) is 0 Å². The highest BCUT2D eigenvalue weighted by Crippen LogP contribution is 2.27. The number of allylic oxidation sites excluding steroid dienone is 2. The van der Waals surface area contributed by atoms with E-state index in [-0.39, 0.29) is 11.9 Å². The minimum atomic E-state index is -0.492. The molecule has 0 aromatic rings. The Kier molecular flexibility index (Phi) is 4.93. The van der Waals surface area contributed by atoms with E-state index in [1.54, 1.807) is 6.08 Å². The normalized spacial score (nSPS) is 13.6. The summed E-state index contributed by atoms with van der Waals surface area (Å²) >= 11 is 0. The second kappa shape index (κ2) is 5.43. The summed E-state index contributed by atoms with van der Waals surface area (Å²) in [5, 5.41) is 8.34. The molecule has 1 atom stereocenters. The second-order valence-electron chi connectivity index (χ2n) is 4.05. The van der Waals surface area contributed by atoms with E-state index in [9.17, 15) is 4.79 Å². The Bertz CT molecular complexity index is 261. The van der Waals surface area contributed by atoms with Crippen molar-refractivity contribution in [2.45, 2.75) is 27.2 Å². The fraction of sp³-hybridized carbons (Fsp3) is 0.636. The molecule has 0 heterocycles. The van der Waals surface area contributed by atoms with Crippen molar-refractivity contribution in [3.05, 3.63) is 12.2 Å². The molecule has 0 aliphatic carbocycles. The summed E-state index contributed by atoms with van der Waals surface area (Å²) in [7, 11) is 1.39. The quantitative estimate of drug-likeness (QED) is 0.511. The van der Waals surface area contributed by atoms with Crippen LogP contribution in [0.1, 0.15) is 27.2 Å². The van der Waals surface area contributed by atoms with Gasteiger partial charge >= 0.3 is 5.97 Å². The van der Waals surface area contributed by atoms with Gasteiger partial charge in [0.15, 0.2) is 0 Å². The van der Waals surface area contributed by atoms with Crippen molar-refractivity contribution in [1.82, 2.24) is 0 Å². The molecule has 0 rings (SSSR count). The minimum absolute atomic E-state index is 0.198. The lowest BCUT2D eigenvalue weighted by molar-refractivity contribution is -0.151. The number of carbonyl (C=O) groups is 1. The number of nitriles is 1. The zero-order chi connectivity index (χ0) is 11.2. The monoisotopic (exact) mass is 195 g/mol. The van der Waals surface area contributed by atoms with Gasteiger partial charge in [-0.3, -0.25) is 4.79 Å². The molecule has 0 fully saturated rings. The first-order valence-electron chi connectivity index (χ1n) is 4.58. The largest absolute Gasteiger partial charge is 0.469 e. The van der Waals surface area contributed by atoms with Crippen LogP contribution in [0.25, 0.3) is 0 Å². The third kappa shape index (κ3) is 4.08. The molecule has 0 bridgehead atoms. The van der Waals surface area contributed by atoms with Gasteiger partial charge in [0.1, 0.15) is 0 Å². The molecule has 0 aromatic carbocycles. The van der Waals surface area contributed by atoms with Crippen molar-refractivity contribution in [2.75, 3.05) is 7.11 Å². The van der Waals surface area contributed by atoms with Gasteiger partial charge in [0.05, 0.1) is 18.6 Å². The van der Waals surface area contributed by atoms with E-state index in [4.69, 9.17) is 10.00 Å². The molecule has 3 nitrogen and oxygen atoms in total. The Hall–Kier alpha value is -1.30. The number of esters is 1. The zero-order valence-corrected chi connectivity index (χ0v) is 9.20. The number of carbonyl (C=O) groups excluding carboxylic acids is 1. The molecule has 0 radical (unpaired) electrons. The van der Waals surface area contributed by atoms with Crippen molar-refractivity contribution < 1.29 is 9.53 Å². The molecule has 3 heteroatoms. The van der Waals surface area contributed by atoms with Crippen molar-refractivity contribution >= 4 is 5.97 Å². The first kappa shape index (κ1) is 12.7. The summed E-state index contributed by atoms with van der Waals surface area (Å²) in [6.07, 6.45) is 3.92. The van der Waals surface area contributed by atoms with Gasteiger partial charge in [0.2, 0.25) is 0 Å². The van der Waals surface area contributed by atoms with Crippen LogP contribution in [-0.2, 0) is 9.53 Å². The van der Waals surface area contributed by atoms with E-state index in [0.29, 0.717) is 6.42 Å². The SMILES string of the molecule is COC(=O)C(C)(C)CC(C)/C=C/C#N. The highest BCUT2D eigenvalue weighted by Gasteiger charge is 2.29. The molecule has 0 saturated heterocycles. The Morgan fingerprint density at radius 3 is 2.64 bits per heavy atom. The van der Waals surface area contributed by atoms with Crippen LogP contribution in [0.4, 0.5) is 0 Å². The van der Waals surface area contributed by atoms with Crippen LogP contribution < -0.4 is 0 Å². The maximum Gasteiger partial charge on any atom is 0.311 e. The molecular weight excluding hydrogens is 178 g/mol. The van der Waals surface area contributed by atoms with Gasteiger partial charge in [0, 0.05) is 6.08 Å². The summed E-state index contributed by atoms with van der Waals surface area (Å²) in [6.45, 7) is 5.66. The van der Waals surface area contributed by atoms with Crippen LogP contribution >= 0.6 is 0 Å². The van der Waals surface area contributed by atoms with Crippen LogP contribution in [0.3, 0.4) is 0 Å². The molecular formula is C11H17NO2. The van der Waals surface area contributed by atoms with Gasteiger partial charge in [-0.2, -0.15) is 5.26 Å². The van der Waals surface area contributed by atoms with Crippen LogP contribution in [0.2, 0.25) is 0 Å². The van der Waals surface area contributed by atoms with E-state index >= 15 is 0 Å². The molecule has 0 aromatic heterocycles. The van der Waals surface area contributed by atoms with E-state index in [0.717, 1.165) is 0 Å². The number of rotatable bonds is 4. The number of methoxy groups -OCH3 is 1. The van der Waals surface area contributed by atoms with Gasteiger partial charge in [0.25, 0.3) is 0 Å². The van der Waals surface area contributed by atoms with Crippen LogP contribution in [0, 0.1) is 22.7 Å². The van der Waals surface area contributed by atoms with E-state index in [2.05, 4.69) is 0 Å². The van der Waals surface area contributed by atoms with E-state index < -0.39 is 5.41 Å². The third-order valence-corrected chi connectivity index (χ3v) is 2.07. The lowest BCUT2D eigenvalue weighted by Crippen LogP contribution is -2.27. The van der Waals surface area contributed by atoms with Crippen LogP contribution in [0.5, 0.6) is 0 Å². The molecule has 0 aliphatic rings. The predicted octanol–water partition coefficient (Wildman–Crippen LogP) is 2.29.